The average Bonchev–Trinajstić information content (AvgIpc) is 2.89. The lowest BCUT2D eigenvalue weighted by Crippen LogP contribution is -2.25. The van der Waals surface area contributed by atoms with Crippen molar-refractivity contribution in [3.63, 3.8) is 0 Å². The molecule has 0 amide bonds. The van der Waals surface area contributed by atoms with Crippen molar-refractivity contribution in [2.75, 3.05) is 0 Å². The van der Waals surface area contributed by atoms with Crippen LogP contribution in [0.3, 0.4) is 0 Å². The summed E-state index contributed by atoms with van der Waals surface area (Å²) in [7, 11) is 0. The minimum atomic E-state index is -0.0566. The van der Waals surface area contributed by atoms with E-state index in [1.807, 2.05) is 30.3 Å². The first-order valence-electron chi connectivity index (χ1n) is 14.7. The van der Waals surface area contributed by atoms with E-state index in [-0.39, 0.29) is 11.9 Å². The van der Waals surface area contributed by atoms with Crippen molar-refractivity contribution in [1.82, 2.24) is 0 Å². The Bertz CT molecular complexity index is 809. The quantitative estimate of drug-likeness (QED) is 0.138. The van der Waals surface area contributed by atoms with Crippen LogP contribution in [0.25, 0.3) is 0 Å². The van der Waals surface area contributed by atoms with Crippen LogP contribution in [-0.2, 0) is 4.79 Å². The molecule has 0 heterocycles. The van der Waals surface area contributed by atoms with E-state index in [4.69, 9.17) is 4.74 Å². The van der Waals surface area contributed by atoms with Gasteiger partial charge in [-0.25, -0.2) is 0 Å². The molecular weight excluding hydrogens is 428 g/mol. The van der Waals surface area contributed by atoms with E-state index in [2.05, 4.69) is 31.8 Å². The molecule has 2 aliphatic rings. The zero-order valence-electron chi connectivity index (χ0n) is 22.4. The number of carbonyl (C=O) groups is 1. The minimum Gasteiger partial charge on any atom is -0.426 e. The van der Waals surface area contributed by atoms with Crippen LogP contribution in [-0.4, -0.2) is 5.97 Å². The molecule has 2 aliphatic carbocycles. The van der Waals surface area contributed by atoms with E-state index in [9.17, 15) is 4.79 Å². The number of carbonyl (C=O) groups excluding carboxylic acids is 1. The van der Waals surface area contributed by atoms with Crippen molar-refractivity contribution in [1.29, 1.82) is 0 Å². The maximum absolute atomic E-state index is 12.6. The topological polar surface area (TPSA) is 26.3 Å². The molecule has 192 valence electrons. The molecule has 1 aromatic rings. The maximum Gasteiger partial charge on any atom is 0.314 e. The summed E-state index contributed by atoms with van der Waals surface area (Å²) in [5, 5.41) is 0. The molecule has 0 N–H and O–H groups in total. The van der Waals surface area contributed by atoms with Gasteiger partial charge in [-0.05, 0) is 99.5 Å². The molecule has 0 saturated heterocycles. The highest BCUT2D eigenvalue weighted by Gasteiger charge is 2.27. The number of benzene rings is 1. The van der Waals surface area contributed by atoms with Crippen molar-refractivity contribution < 1.29 is 9.53 Å². The first-order chi connectivity index (χ1) is 17.2. The van der Waals surface area contributed by atoms with Crippen molar-refractivity contribution >= 4 is 5.97 Å². The number of hydrogen-bond acceptors (Lipinski definition) is 2. The largest absolute Gasteiger partial charge is 0.426 e. The third kappa shape index (κ3) is 10.2. The summed E-state index contributed by atoms with van der Waals surface area (Å²) < 4.78 is 5.69. The highest BCUT2D eigenvalue weighted by atomic mass is 16.5. The molecule has 0 spiro atoms. The monoisotopic (exact) mass is 476 g/mol. The Kier molecular flexibility index (Phi) is 12.5. The Balaban J connectivity index is 1.35. The van der Waals surface area contributed by atoms with Crippen LogP contribution in [0.4, 0.5) is 0 Å². The second-order valence-electron chi connectivity index (χ2n) is 11.1. The molecule has 0 bridgehead atoms. The summed E-state index contributed by atoms with van der Waals surface area (Å²) in [5.74, 6) is 9.52. The molecule has 2 nitrogen and oxygen atoms in total. The van der Waals surface area contributed by atoms with Gasteiger partial charge >= 0.3 is 5.97 Å². The van der Waals surface area contributed by atoms with Crippen molar-refractivity contribution in [3.05, 3.63) is 42.0 Å². The lowest BCUT2D eigenvalue weighted by Gasteiger charge is -2.27. The molecule has 2 heteroatoms. The minimum absolute atomic E-state index is 0.0566. The lowest BCUT2D eigenvalue weighted by atomic mass is 9.79. The Labute approximate surface area is 215 Å². The van der Waals surface area contributed by atoms with Gasteiger partial charge in [-0.3, -0.25) is 4.79 Å². The van der Waals surface area contributed by atoms with Gasteiger partial charge in [-0.2, -0.15) is 0 Å². The number of rotatable bonds is 11. The van der Waals surface area contributed by atoms with E-state index in [1.165, 1.54) is 89.9 Å². The van der Waals surface area contributed by atoms with Gasteiger partial charge < -0.3 is 4.74 Å². The zero-order valence-corrected chi connectivity index (χ0v) is 22.4. The molecular formula is C33H48O2. The number of allylic oxidation sites excluding steroid dienone is 2. The molecule has 35 heavy (non-hydrogen) atoms. The van der Waals surface area contributed by atoms with Gasteiger partial charge in [0.15, 0.2) is 0 Å². The van der Waals surface area contributed by atoms with Gasteiger partial charge in [0.05, 0.1) is 5.92 Å². The molecule has 0 radical (unpaired) electrons. The van der Waals surface area contributed by atoms with Crippen LogP contribution in [0, 0.1) is 35.5 Å². The Morgan fingerprint density at radius 3 is 1.97 bits per heavy atom. The molecule has 3 rings (SSSR count). The predicted octanol–water partition coefficient (Wildman–Crippen LogP) is 9.27. The first-order valence-corrected chi connectivity index (χ1v) is 14.7. The summed E-state index contributed by atoms with van der Waals surface area (Å²) >= 11 is 0. The number of ether oxygens (including phenoxy) is 1. The summed E-state index contributed by atoms with van der Waals surface area (Å²) in [5.41, 5.74) is 0.960. The molecule has 2 fully saturated rings. The van der Waals surface area contributed by atoms with E-state index in [0.29, 0.717) is 11.7 Å². The second kappa shape index (κ2) is 15.9. The van der Waals surface area contributed by atoms with Gasteiger partial charge in [0, 0.05) is 5.56 Å². The SMILES string of the molecule is CCCCCC1CCC(C=CC#Cc2ccc(OC(=O)C3CCC(CCCCC)CC3)cc2)CC1. The fourth-order valence-electron chi connectivity index (χ4n) is 5.84. The fourth-order valence-corrected chi connectivity index (χ4v) is 5.84. The maximum atomic E-state index is 12.6. The average molecular weight is 477 g/mol. The summed E-state index contributed by atoms with van der Waals surface area (Å²) in [6, 6.07) is 7.66. The van der Waals surface area contributed by atoms with Crippen LogP contribution in [0.2, 0.25) is 0 Å². The highest BCUT2D eigenvalue weighted by molar-refractivity contribution is 5.75. The Hall–Kier alpha value is -2.01. The number of hydrogen-bond donors (Lipinski definition) is 0. The number of esters is 1. The molecule has 0 unspecified atom stereocenters. The summed E-state index contributed by atoms with van der Waals surface area (Å²) in [4.78, 5) is 12.6. The van der Waals surface area contributed by atoms with Gasteiger partial charge in [-0.1, -0.05) is 83.1 Å². The third-order valence-corrected chi connectivity index (χ3v) is 8.24. The molecule has 1 aromatic carbocycles. The van der Waals surface area contributed by atoms with Crippen LogP contribution in [0.5, 0.6) is 5.75 Å². The standard InChI is InChI=1S/C33H48O2/c1-3-5-7-11-27-15-17-28(18-16-27)13-9-10-14-30-21-25-32(26-22-30)35-33(34)31-23-19-29(20-24-31)12-8-6-4-2/h9,13,21-22,25-29,31H,3-8,11-12,15-20,23-24H2,1-2H3. The number of unbranched alkanes of at least 4 members (excludes halogenated alkanes) is 4. The van der Waals surface area contributed by atoms with Gasteiger partial charge in [0.1, 0.15) is 5.75 Å². The van der Waals surface area contributed by atoms with Crippen LogP contribution < -0.4 is 4.74 Å². The normalized spacial score (nSPS) is 24.6. The smallest absolute Gasteiger partial charge is 0.314 e. The van der Waals surface area contributed by atoms with Crippen LogP contribution in [0.1, 0.15) is 122 Å². The molecule has 0 aliphatic heterocycles. The molecule has 0 aromatic heterocycles. The van der Waals surface area contributed by atoms with Gasteiger partial charge in [-0.15, -0.1) is 0 Å². The second-order valence-corrected chi connectivity index (χ2v) is 11.1. The lowest BCUT2D eigenvalue weighted by molar-refractivity contribution is -0.140. The van der Waals surface area contributed by atoms with Crippen molar-refractivity contribution in [2.45, 2.75) is 117 Å². The summed E-state index contributed by atoms with van der Waals surface area (Å²) in [6.07, 6.45) is 24.9. The highest BCUT2D eigenvalue weighted by Crippen LogP contribution is 2.34. The molecule has 2 saturated carbocycles. The van der Waals surface area contributed by atoms with Crippen LogP contribution >= 0.6 is 0 Å². The first kappa shape index (κ1) is 27.6. The van der Waals surface area contributed by atoms with E-state index in [1.54, 1.807) is 0 Å². The van der Waals surface area contributed by atoms with E-state index in [0.717, 1.165) is 30.2 Å². The Morgan fingerprint density at radius 2 is 1.40 bits per heavy atom. The zero-order chi connectivity index (χ0) is 24.7. The van der Waals surface area contributed by atoms with E-state index >= 15 is 0 Å². The van der Waals surface area contributed by atoms with Crippen molar-refractivity contribution in [3.8, 4) is 17.6 Å². The van der Waals surface area contributed by atoms with Gasteiger partial charge in [0.2, 0.25) is 0 Å². The van der Waals surface area contributed by atoms with Crippen molar-refractivity contribution in [2.24, 2.45) is 23.7 Å². The summed E-state index contributed by atoms with van der Waals surface area (Å²) in [6.45, 7) is 4.54. The van der Waals surface area contributed by atoms with E-state index < -0.39 is 0 Å². The molecule has 0 atom stereocenters. The Morgan fingerprint density at radius 1 is 0.829 bits per heavy atom. The third-order valence-electron chi connectivity index (χ3n) is 8.24. The van der Waals surface area contributed by atoms with Crippen LogP contribution in [0.15, 0.2) is 36.4 Å². The predicted molar refractivity (Wildman–Crippen MR) is 147 cm³/mol. The van der Waals surface area contributed by atoms with Gasteiger partial charge in [0.25, 0.3) is 0 Å². The fraction of sp³-hybridized carbons (Fsp3) is 0.667.